The van der Waals surface area contributed by atoms with Gasteiger partial charge in [-0.05, 0) is 12.8 Å². The zero-order valence-corrected chi connectivity index (χ0v) is 8.87. The minimum atomic E-state index is 0.659. The van der Waals surface area contributed by atoms with Gasteiger partial charge in [0.25, 0.3) is 0 Å². The van der Waals surface area contributed by atoms with Crippen LogP contribution in [0.2, 0.25) is 0 Å². The molecule has 1 aromatic heterocycles. The number of aryl methyl sites for hydroxylation is 1. The summed E-state index contributed by atoms with van der Waals surface area (Å²) >= 11 is 0. The lowest BCUT2D eigenvalue weighted by Crippen LogP contribution is -2.04. The molecule has 0 saturated heterocycles. The van der Waals surface area contributed by atoms with E-state index in [1.54, 1.807) is 0 Å². The molecule has 3 nitrogen and oxygen atoms in total. The van der Waals surface area contributed by atoms with E-state index >= 15 is 0 Å². The Morgan fingerprint density at radius 2 is 1.93 bits per heavy atom. The van der Waals surface area contributed by atoms with Crippen molar-refractivity contribution in [3.8, 4) is 0 Å². The maximum Gasteiger partial charge on any atom is 0.145 e. The molecule has 1 aliphatic carbocycles. The van der Waals surface area contributed by atoms with Crippen LogP contribution in [0.1, 0.15) is 50.1 Å². The van der Waals surface area contributed by atoms with Gasteiger partial charge in [-0.15, -0.1) is 0 Å². The van der Waals surface area contributed by atoms with Gasteiger partial charge in [0.2, 0.25) is 0 Å². The molecule has 0 aliphatic heterocycles. The van der Waals surface area contributed by atoms with Gasteiger partial charge < -0.3 is 5.73 Å². The van der Waals surface area contributed by atoms with Crippen LogP contribution in [0.4, 0.5) is 5.82 Å². The van der Waals surface area contributed by atoms with E-state index < -0.39 is 0 Å². The van der Waals surface area contributed by atoms with Crippen LogP contribution in [-0.2, 0) is 7.05 Å². The fourth-order valence-corrected chi connectivity index (χ4v) is 2.46. The lowest BCUT2D eigenvalue weighted by atomic mass is 9.96. The molecule has 0 atom stereocenters. The summed E-state index contributed by atoms with van der Waals surface area (Å²) in [4.78, 5) is 0. The van der Waals surface area contributed by atoms with Gasteiger partial charge in [0.05, 0.1) is 0 Å². The smallest absolute Gasteiger partial charge is 0.145 e. The van der Waals surface area contributed by atoms with Crippen molar-refractivity contribution in [1.82, 2.24) is 9.78 Å². The second kappa shape index (κ2) is 4.03. The number of aromatic nitrogens is 2. The summed E-state index contributed by atoms with van der Waals surface area (Å²) in [5.74, 6) is 1.35. The molecule has 14 heavy (non-hydrogen) atoms. The Morgan fingerprint density at radius 3 is 2.43 bits per heavy atom. The molecule has 1 heterocycles. The van der Waals surface area contributed by atoms with Crippen LogP contribution in [0.25, 0.3) is 0 Å². The lowest BCUT2D eigenvalue weighted by molar-refractivity contribution is 0.541. The Hall–Kier alpha value is -0.990. The normalized spacial score (nSPS) is 19.5. The second-order valence-corrected chi connectivity index (χ2v) is 4.31. The van der Waals surface area contributed by atoms with Crippen molar-refractivity contribution in [3.05, 3.63) is 11.8 Å². The fourth-order valence-electron chi connectivity index (χ4n) is 2.46. The Kier molecular flexibility index (Phi) is 2.75. The zero-order valence-electron chi connectivity index (χ0n) is 8.87. The molecule has 78 valence electrons. The van der Waals surface area contributed by atoms with Crippen LogP contribution in [0.15, 0.2) is 6.07 Å². The Bertz CT molecular complexity index is 295. The largest absolute Gasteiger partial charge is 0.382 e. The third-order valence-corrected chi connectivity index (χ3v) is 3.21. The molecule has 3 heteroatoms. The molecule has 1 aliphatic rings. The minimum absolute atomic E-state index is 0.659. The summed E-state index contributed by atoms with van der Waals surface area (Å²) in [7, 11) is 2.00. The van der Waals surface area contributed by atoms with Crippen molar-refractivity contribution in [1.29, 1.82) is 0 Å². The maximum atomic E-state index is 5.69. The molecule has 0 bridgehead atoms. The van der Waals surface area contributed by atoms with E-state index in [0.717, 1.165) is 0 Å². The average Bonchev–Trinajstić information content (AvgIpc) is 2.43. The first kappa shape index (κ1) is 9.56. The van der Waals surface area contributed by atoms with Gasteiger partial charge in [-0.3, -0.25) is 4.68 Å². The highest BCUT2D eigenvalue weighted by Crippen LogP contribution is 2.31. The standard InChI is InChI=1S/C11H19N3/c1-14-10(8-11(12)13-14)9-6-4-2-3-5-7-9/h8-9H,2-7H2,1H3,(H2,12,13). The summed E-state index contributed by atoms with van der Waals surface area (Å²) in [5, 5.41) is 4.21. The van der Waals surface area contributed by atoms with Crippen molar-refractivity contribution in [2.75, 3.05) is 5.73 Å². The van der Waals surface area contributed by atoms with Crippen molar-refractivity contribution in [3.63, 3.8) is 0 Å². The molecular formula is C11H19N3. The summed E-state index contributed by atoms with van der Waals surface area (Å²) in [6.45, 7) is 0. The van der Waals surface area contributed by atoms with Gasteiger partial charge >= 0.3 is 0 Å². The topological polar surface area (TPSA) is 43.8 Å². The van der Waals surface area contributed by atoms with E-state index in [9.17, 15) is 0 Å². The number of nitrogens with zero attached hydrogens (tertiary/aromatic N) is 2. The Morgan fingerprint density at radius 1 is 1.29 bits per heavy atom. The number of nitrogen functional groups attached to an aromatic ring is 1. The molecule has 0 spiro atoms. The van der Waals surface area contributed by atoms with E-state index in [1.165, 1.54) is 44.2 Å². The van der Waals surface area contributed by atoms with Crippen LogP contribution in [0.3, 0.4) is 0 Å². The molecule has 2 rings (SSSR count). The monoisotopic (exact) mass is 193 g/mol. The summed E-state index contributed by atoms with van der Waals surface area (Å²) in [5.41, 5.74) is 7.02. The maximum absolute atomic E-state index is 5.69. The lowest BCUT2D eigenvalue weighted by Gasteiger charge is -2.13. The molecule has 2 N–H and O–H groups in total. The van der Waals surface area contributed by atoms with E-state index in [2.05, 4.69) is 5.10 Å². The van der Waals surface area contributed by atoms with Gasteiger partial charge in [-0.1, -0.05) is 25.7 Å². The highest BCUT2D eigenvalue weighted by atomic mass is 15.3. The molecular weight excluding hydrogens is 174 g/mol. The summed E-state index contributed by atoms with van der Waals surface area (Å²) in [6.07, 6.45) is 8.11. The highest BCUT2D eigenvalue weighted by molar-refractivity contribution is 5.31. The van der Waals surface area contributed by atoms with Crippen LogP contribution < -0.4 is 5.73 Å². The van der Waals surface area contributed by atoms with Crippen LogP contribution >= 0.6 is 0 Å². The first-order valence-corrected chi connectivity index (χ1v) is 5.57. The number of anilines is 1. The molecule has 1 aromatic rings. The van der Waals surface area contributed by atoms with E-state index in [0.29, 0.717) is 11.7 Å². The average molecular weight is 193 g/mol. The second-order valence-electron chi connectivity index (χ2n) is 4.31. The van der Waals surface area contributed by atoms with E-state index in [4.69, 9.17) is 5.73 Å². The SMILES string of the molecule is Cn1nc(N)cc1C1CCCCCC1. The van der Waals surface area contributed by atoms with Crippen molar-refractivity contribution < 1.29 is 0 Å². The molecule has 0 unspecified atom stereocenters. The van der Waals surface area contributed by atoms with Gasteiger partial charge in [0, 0.05) is 24.7 Å². The van der Waals surface area contributed by atoms with Crippen LogP contribution in [0.5, 0.6) is 0 Å². The first-order valence-electron chi connectivity index (χ1n) is 5.57. The third kappa shape index (κ3) is 1.91. The van der Waals surface area contributed by atoms with E-state index in [-0.39, 0.29) is 0 Å². The van der Waals surface area contributed by atoms with Crippen LogP contribution in [-0.4, -0.2) is 9.78 Å². The van der Waals surface area contributed by atoms with Crippen molar-refractivity contribution >= 4 is 5.82 Å². The molecule has 0 aromatic carbocycles. The Balaban J connectivity index is 2.15. The third-order valence-electron chi connectivity index (χ3n) is 3.21. The van der Waals surface area contributed by atoms with Gasteiger partial charge in [-0.2, -0.15) is 5.10 Å². The highest BCUT2D eigenvalue weighted by Gasteiger charge is 2.17. The zero-order chi connectivity index (χ0) is 9.97. The fraction of sp³-hybridized carbons (Fsp3) is 0.727. The van der Waals surface area contributed by atoms with Gasteiger partial charge in [0.15, 0.2) is 0 Å². The number of rotatable bonds is 1. The van der Waals surface area contributed by atoms with Crippen LogP contribution in [0, 0.1) is 0 Å². The Labute approximate surface area is 85.3 Å². The minimum Gasteiger partial charge on any atom is -0.382 e. The summed E-state index contributed by atoms with van der Waals surface area (Å²) in [6, 6.07) is 2.04. The predicted molar refractivity (Wildman–Crippen MR) is 58.1 cm³/mol. The van der Waals surface area contributed by atoms with Crippen molar-refractivity contribution in [2.24, 2.45) is 7.05 Å². The molecule has 1 saturated carbocycles. The van der Waals surface area contributed by atoms with Gasteiger partial charge in [0.1, 0.15) is 5.82 Å². The quantitative estimate of drug-likeness (QED) is 0.696. The molecule has 0 radical (unpaired) electrons. The molecule has 0 amide bonds. The van der Waals surface area contributed by atoms with Gasteiger partial charge in [-0.25, -0.2) is 0 Å². The number of hydrogen-bond donors (Lipinski definition) is 1. The number of nitrogens with two attached hydrogens (primary N) is 1. The van der Waals surface area contributed by atoms with E-state index in [1.807, 2.05) is 17.8 Å². The predicted octanol–water partition coefficient (Wildman–Crippen LogP) is 2.44. The molecule has 1 fully saturated rings. The first-order chi connectivity index (χ1) is 6.77. The van der Waals surface area contributed by atoms with Crippen molar-refractivity contribution in [2.45, 2.75) is 44.4 Å². The number of hydrogen-bond acceptors (Lipinski definition) is 2. The summed E-state index contributed by atoms with van der Waals surface area (Å²) < 4.78 is 1.95.